The summed E-state index contributed by atoms with van der Waals surface area (Å²) in [4.78, 5) is 27.1. The van der Waals surface area contributed by atoms with Crippen molar-refractivity contribution in [1.29, 1.82) is 0 Å². The van der Waals surface area contributed by atoms with Gasteiger partial charge in [-0.2, -0.15) is 0 Å². The fraction of sp³-hybridized carbons (Fsp3) is 0.500. The topological polar surface area (TPSA) is 93.1 Å². The maximum Gasteiger partial charge on any atom is 0.469 e. The second kappa shape index (κ2) is 5.88. The third-order valence-electron chi connectivity index (χ3n) is 0.890. The lowest BCUT2D eigenvalue weighted by molar-refractivity contribution is -0.138. The van der Waals surface area contributed by atoms with Gasteiger partial charge in [0.05, 0.1) is 6.61 Å². The number of phosphoric ester groups is 1. The number of esters is 1. The number of allylic oxidation sites excluding steroid dienone is 1. The molecule has 0 spiro atoms. The number of phosphoric acid groups is 1. The van der Waals surface area contributed by atoms with Crippen LogP contribution in [0.5, 0.6) is 0 Å². The number of carbonyl (C=O) groups excluding carboxylic acids is 1. The van der Waals surface area contributed by atoms with Gasteiger partial charge in [0.25, 0.3) is 0 Å². The van der Waals surface area contributed by atoms with Gasteiger partial charge in [-0.15, -0.1) is 0 Å². The summed E-state index contributed by atoms with van der Waals surface area (Å²) in [5.74, 6) is -0.572. The maximum absolute atomic E-state index is 10.6. The van der Waals surface area contributed by atoms with Gasteiger partial charge in [0.1, 0.15) is 6.61 Å². The van der Waals surface area contributed by atoms with Crippen LogP contribution in [0.15, 0.2) is 12.2 Å². The zero-order valence-corrected chi connectivity index (χ0v) is 7.94. The van der Waals surface area contributed by atoms with Crippen LogP contribution in [0, 0.1) is 0 Å². The highest BCUT2D eigenvalue weighted by Crippen LogP contribution is 2.35. The van der Waals surface area contributed by atoms with Crippen LogP contribution < -0.4 is 0 Å². The molecule has 7 heteroatoms. The normalized spacial score (nSPS) is 11.9. The Bertz CT molecular complexity index is 229. The SMILES string of the molecule is C/C=C/C(=O)OCCOP(=O)(O)O. The smallest absolute Gasteiger partial charge is 0.460 e. The number of ether oxygens (including phenoxy) is 1. The van der Waals surface area contributed by atoms with E-state index < -0.39 is 13.8 Å². The summed E-state index contributed by atoms with van der Waals surface area (Å²) in [6.07, 6.45) is 2.68. The monoisotopic (exact) mass is 210 g/mol. The first-order valence-electron chi connectivity index (χ1n) is 3.45. The average Bonchev–Trinajstić information content (AvgIpc) is 1.97. The second-order valence-corrected chi connectivity index (χ2v) is 3.23. The lowest BCUT2D eigenvalue weighted by atomic mass is 10.5. The largest absolute Gasteiger partial charge is 0.469 e. The molecule has 0 amide bonds. The van der Waals surface area contributed by atoms with E-state index in [1.807, 2.05) is 0 Å². The summed E-state index contributed by atoms with van der Waals surface area (Å²) in [5, 5.41) is 0. The minimum absolute atomic E-state index is 0.186. The predicted molar refractivity (Wildman–Crippen MR) is 43.8 cm³/mol. The Balaban J connectivity index is 3.47. The van der Waals surface area contributed by atoms with Crippen LogP contribution in [0.3, 0.4) is 0 Å². The number of rotatable bonds is 5. The minimum atomic E-state index is -4.45. The highest BCUT2D eigenvalue weighted by atomic mass is 31.2. The van der Waals surface area contributed by atoms with Gasteiger partial charge >= 0.3 is 13.8 Å². The molecule has 13 heavy (non-hydrogen) atoms. The van der Waals surface area contributed by atoms with Gasteiger partial charge in [-0.1, -0.05) is 6.08 Å². The highest BCUT2D eigenvalue weighted by molar-refractivity contribution is 7.46. The zero-order valence-electron chi connectivity index (χ0n) is 7.04. The van der Waals surface area contributed by atoms with Gasteiger partial charge in [0.2, 0.25) is 0 Å². The van der Waals surface area contributed by atoms with E-state index in [1.165, 1.54) is 12.2 Å². The highest BCUT2D eigenvalue weighted by Gasteiger charge is 2.12. The fourth-order valence-electron chi connectivity index (χ4n) is 0.483. The Hall–Kier alpha value is -0.680. The molecular weight excluding hydrogens is 199 g/mol. The Morgan fingerprint density at radius 3 is 2.54 bits per heavy atom. The van der Waals surface area contributed by atoms with Crippen molar-refractivity contribution in [2.24, 2.45) is 0 Å². The van der Waals surface area contributed by atoms with Gasteiger partial charge in [0, 0.05) is 6.08 Å². The third-order valence-corrected chi connectivity index (χ3v) is 1.41. The zero-order chi connectivity index (χ0) is 10.3. The van der Waals surface area contributed by atoms with Crippen molar-refractivity contribution >= 4 is 13.8 Å². The molecule has 0 bridgehead atoms. The standard InChI is InChI=1S/C6H11O6P/c1-2-3-6(7)11-4-5-12-13(8,9)10/h2-3H,4-5H2,1H3,(H2,8,9,10)/b3-2+. The summed E-state index contributed by atoms with van der Waals surface area (Å²) in [7, 11) is -4.45. The van der Waals surface area contributed by atoms with E-state index in [-0.39, 0.29) is 13.2 Å². The van der Waals surface area contributed by atoms with E-state index in [9.17, 15) is 9.36 Å². The molecule has 0 aliphatic carbocycles. The fourth-order valence-corrected chi connectivity index (χ4v) is 0.795. The molecular formula is C6H11O6P. The quantitative estimate of drug-likeness (QED) is 0.291. The Kier molecular flexibility index (Phi) is 5.57. The van der Waals surface area contributed by atoms with E-state index in [0.717, 1.165) is 0 Å². The van der Waals surface area contributed by atoms with Crippen LogP contribution in [0.25, 0.3) is 0 Å². The van der Waals surface area contributed by atoms with Crippen molar-refractivity contribution in [2.45, 2.75) is 6.92 Å². The molecule has 0 saturated carbocycles. The minimum Gasteiger partial charge on any atom is -0.460 e. The molecule has 0 aromatic carbocycles. The lowest BCUT2D eigenvalue weighted by Gasteiger charge is -2.04. The summed E-state index contributed by atoms with van der Waals surface area (Å²) in [6.45, 7) is 1.13. The number of carbonyl (C=O) groups is 1. The van der Waals surface area contributed by atoms with E-state index in [1.54, 1.807) is 6.92 Å². The van der Waals surface area contributed by atoms with Crippen molar-refractivity contribution < 1.29 is 28.4 Å². The molecule has 0 aliphatic heterocycles. The van der Waals surface area contributed by atoms with Gasteiger partial charge in [-0.05, 0) is 6.92 Å². The van der Waals surface area contributed by atoms with Crippen LogP contribution in [0.4, 0.5) is 0 Å². The van der Waals surface area contributed by atoms with Gasteiger partial charge in [0.15, 0.2) is 0 Å². The Morgan fingerprint density at radius 1 is 1.46 bits per heavy atom. The number of hydrogen-bond donors (Lipinski definition) is 2. The van der Waals surface area contributed by atoms with Crippen molar-refractivity contribution in [3.05, 3.63) is 12.2 Å². The van der Waals surface area contributed by atoms with Crippen LogP contribution in [0.1, 0.15) is 6.92 Å². The molecule has 76 valence electrons. The van der Waals surface area contributed by atoms with Crippen molar-refractivity contribution in [3.8, 4) is 0 Å². The molecule has 2 N–H and O–H groups in total. The van der Waals surface area contributed by atoms with Gasteiger partial charge in [-0.3, -0.25) is 4.52 Å². The Labute approximate surface area is 75.4 Å². The first kappa shape index (κ1) is 12.3. The molecule has 0 saturated heterocycles. The molecule has 0 aliphatic rings. The van der Waals surface area contributed by atoms with Crippen molar-refractivity contribution in [3.63, 3.8) is 0 Å². The molecule has 0 aromatic heterocycles. The predicted octanol–water partition coefficient (Wildman–Crippen LogP) is 0.215. The number of hydrogen-bond acceptors (Lipinski definition) is 4. The molecule has 0 atom stereocenters. The third kappa shape index (κ3) is 9.23. The van der Waals surface area contributed by atoms with E-state index in [2.05, 4.69) is 9.26 Å². The molecule has 0 unspecified atom stereocenters. The summed E-state index contributed by atoms with van der Waals surface area (Å²) < 4.78 is 18.6. The van der Waals surface area contributed by atoms with Crippen molar-refractivity contribution in [2.75, 3.05) is 13.2 Å². The molecule has 0 fully saturated rings. The van der Waals surface area contributed by atoms with E-state index in [4.69, 9.17) is 9.79 Å². The van der Waals surface area contributed by atoms with Crippen LogP contribution in [-0.4, -0.2) is 29.0 Å². The first-order chi connectivity index (χ1) is 5.95. The van der Waals surface area contributed by atoms with Gasteiger partial charge in [-0.25, -0.2) is 9.36 Å². The van der Waals surface area contributed by atoms with Crippen LogP contribution >= 0.6 is 7.82 Å². The summed E-state index contributed by atoms with van der Waals surface area (Å²) in [6, 6.07) is 0. The summed E-state index contributed by atoms with van der Waals surface area (Å²) in [5.41, 5.74) is 0. The van der Waals surface area contributed by atoms with E-state index >= 15 is 0 Å². The first-order valence-corrected chi connectivity index (χ1v) is 4.98. The molecule has 0 heterocycles. The van der Waals surface area contributed by atoms with E-state index in [0.29, 0.717) is 0 Å². The lowest BCUT2D eigenvalue weighted by Crippen LogP contribution is -2.07. The van der Waals surface area contributed by atoms with Crippen LogP contribution in [-0.2, 0) is 18.6 Å². The summed E-state index contributed by atoms with van der Waals surface area (Å²) >= 11 is 0. The molecule has 0 aromatic rings. The van der Waals surface area contributed by atoms with Gasteiger partial charge < -0.3 is 14.5 Å². The van der Waals surface area contributed by atoms with Crippen molar-refractivity contribution in [1.82, 2.24) is 0 Å². The Morgan fingerprint density at radius 2 is 2.08 bits per heavy atom. The molecule has 0 radical (unpaired) electrons. The van der Waals surface area contributed by atoms with Crippen LogP contribution in [0.2, 0.25) is 0 Å². The maximum atomic E-state index is 10.6. The molecule has 0 rings (SSSR count). The molecule has 6 nitrogen and oxygen atoms in total. The second-order valence-electron chi connectivity index (χ2n) is 1.99. The average molecular weight is 210 g/mol.